The second-order valence-electron chi connectivity index (χ2n) is 7.21. The first-order valence-corrected chi connectivity index (χ1v) is 10.0. The number of fused-ring (bicyclic) bond motifs is 1. The van der Waals surface area contributed by atoms with Crippen molar-refractivity contribution in [2.75, 3.05) is 0 Å². The minimum Gasteiger partial charge on any atom is -0.490 e. The van der Waals surface area contributed by atoms with Gasteiger partial charge in [0.2, 0.25) is 0 Å². The lowest BCUT2D eigenvalue weighted by atomic mass is 10.0. The Morgan fingerprint density at radius 1 is 1.19 bits per heavy atom. The lowest BCUT2D eigenvalue weighted by Gasteiger charge is -2.11. The Kier molecular flexibility index (Phi) is 4.67. The van der Waals surface area contributed by atoms with Crippen molar-refractivity contribution in [3.05, 3.63) is 53.1 Å². The quantitative estimate of drug-likeness (QED) is 0.597. The van der Waals surface area contributed by atoms with E-state index in [1.165, 1.54) is 23.1 Å². The molecule has 1 aliphatic rings. The average molecular weight is 375 g/mol. The number of benzene rings is 2. The van der Waals surface area contributed by atoms with Crippen LogP contribution in [0.15, 0.2) is 36.4 Å². The number of hydrogen-bond donors (Lipinski definition) is 0. The average Bonchev–Trinajstić information content (AvgIpc) is 3.29. The molecule has 0 amide bonds. The van der Waals surface area contributed by atoms with Crippen LogP contribution >= 0.6 is 11.3 Å². The standard InChI is InChI=1S/C22H21N3OS/c1-13(2)26-20-10-8-15(11-16(20)12-23)21-24-25-22(27-21)19-6-4-5-17-14(3)7-9-18(17)19/h4-6,8,10-11,13-14H,7,9H2,1-3H3/t14-/m1/s1. The summed E-state index contributed by atoms with van der Waals surface area (Å²) in [6.45, 7) is 6.18. The predicted octanol–water partition coefficient (Wildman–Crippen LogP) is 5.58. The van der Waals surface area contributed by atoms with E-state index in [4.69, 9.17) is 4.74 Å². The van der Waals surface area contributed by atoms with Crippen LogP contribution in [0.3, 0.4) is 0 Å². The SMILES string of the molecule is CC(C)Oc1ccc(-c2nnc(-c3cccc4c3CC[C@H]4C)s2)cc1C#N. The lowest BCUT2D eigenvalue weighted by molar-refractivity contribution is 0.242. The highest BCUT2D eigenvalue weighted by molar-refractivity contribution is 7.17. The normalized spacial score (nSPS) is 15.6. The molecule has 1 heterocycles. The third-order valence-electron chi connectivity index (χ3n) is 4.94. The minimum absolute atomic E-state index is 0.0265. The molecule has 5 heteroatoms. The van der Waals surface area contributed by atoms with Crippen LogP contribution in [0.25, 0.3) is 21.1 Å². The summed E-state index contributed by atoms with van der Waals surface area (Å²) in [5.74, 6) is 1.22. The summed E-state index contributed by atoms with van der Waals surface area (Å²) < 4.78 is 5.71. The fraction of sp³-hybridized carbons (Fsp3) is 0.318. The van der Waals surface area contributed by atoms with Crippen molar-refractivity contribution in [1.29, 1.82) is 5.26 Å². The van der Waals surface area contributed by atoms with E-state index in [2.05, 4.69) is 41.4 Å². The van der Waals surface area contributed by atoms with Gasteiger partial charge in [-0.1, -0.05) is 36.5 Å². The zero-order chi connectivity index (χ0) is 19.0. The van der Waals surface area contributed by atoms with Gasteiger partial charge in [-0.05, 0) is 61.9 Å². The van der Waals surface area contributed by atoms with Crippen molar-refractivity contribution in [1.82, 2.24) is 10.2 Å². The molecule has 0 unspecified atom stereocenters. The van der Waals surface area contributed by atoms with E-state index in [9.17, 15) is 5.26 Å². The molecule has 0 fully saturated rings. The topological polar surface area (TPSA) is 58.8 Å². The second-order valence-corrected chi connectivity index (χ2v) is 8.19. The Bertz CT molecular complexity index is 1030. The van der Waals surface area contributed by atoms with Gasteiger partial charge in [0.1, 0.15) is 21.8 Å². The van der Waals surface area contributed by atoms with Crippen molar-refractivity contribution in [3.8, 4) is 33.0 Å². The monoisotopic (exact) mass is 375 g/mol. The van der Waals surface area contributed by atoms with Gasteiger partial charge < -0.3 is 4.74 Å². The Hall–Kier alpha value is -2.71. The maximum absolute atomic E-state index is 9.45. The maximum Gasteiger partial charge on any atom is 0.148 e. The van der Waals surface area contributed by atoms with Gasteiger partial charge in [-0.3, -0.25) is 0 Å². The summed E-state index contributed by atoms with van der Waals surface area (Å²) >= 11 is 1.57. The molecule has 0 aliphatic heterocycles. The van der Waals surface area contributed by atoms with Gasteiger partial charge in [0.25, 0.3) is 0 Å². The van der Waals surface area contributed by atoms with Gasteiger partial charge in [0, 0.05) is 11.1 Å². The molecular weight excluding hydrogens is 354 g/mol. The van der Waals surface area contributed by atoms with Crippen LogP contribution in [0.5, 0.6) is 5.75 Å². The first-order valence-electron chi connectivity index (χ1n) is 9.23. The number of nitriles is 1. The third kappa shape index (κ3) is 3.33. The summed E-state index contributed by atoms with van der Waals surface area (Å²) in [4.78, 5) is 0. The van der Waals surface area contributed by atoms with E-state index >= 15 is 0 Å². The third-order valence-corrected chi connectivity index (χ3v) is 5.94. The molecule has 0 radical (unpaired) electrons. The summed E-state index contributed by atoms with van der Waals surface area (Å²) in [5.41, 5.74) is 5.46. The van der Waals surface area contributed by atoms with Crippen LogP contribution in [0.4, 0.5) is 0 Å². The molecule has 1 aromatic heterocycles. The molecule has 3 aromatic rings. The van der Waals surface area contributed by atoms with E-state index in [0.717, 1.165) is 22.0 Å². The highest BCUT2D eigenvalue weighted by Gasteiger charge is 2.23. The Labute approximate surface area is 163 Å². The van der Waals surface area contributed by atoms with Crippen molar-refractivity contribution >= 4 is 11.3 Å². The highest BCUT2D eigenvalue weighted by atomic mass is 32.1. The molecule has 4 nitrogen and oxygen atoms in total. The molecule has 0 N–H and O–H groups in total. The molecule has 2 aromatic carbocycles. The highest BCUT2D eigenvalue weighted by Crippen LogP contribution is 2.40. The predicted molar refractivity (Wildman–Crippen MR) is 108 cm³/mol. The molecular formula is C22H21N3OS. The summed E-state index contributed by atoms with van der Waals surface area (Å²) in [6.07, 6.45) is 2.32. The zero-order valence-electron chi connectivity index (χ0n) is 15.7. The smallest absolute Gasteiger partial charge is 0.148 e. The molecule has 136 valence electrons. The van der Waals surface area contributed by atoms with Gasteiger partial charge in [0.15, 0.2) is 0 Å². The molecule has 0 bridgehead atoms. The molecule has 0 spiro atoms. The molecule has 0 saturated carbocycles. The number of nitrogens with zero attached hydrogens (tertiary/aromatic N) is 3. The van der Waals surface area contributed by atoms with Gasteiger partial charge in [-0.15, -0.1) is 10.2 Å². The van der Waals surface area contributed by atoms with E-state index in [0.29, 0.717) is 17.2 Å². The maximum atomic E-state index is 9.45. The fourth-order valence-corrected chi connectivity index (χ4v) is 4.51. The first-order chi connectivity index (χ1) is 13.1. The van der Waals surface area contributed by atoms with Crippen LogP contribution in [-0.4, -0.2) is 16.3 Å². The van der Waals surface area contributed by atoms with Gasteiger partial charge in [-0.25, -0.2) is 0 Å². The van der Waals surface area contributed by atoms with Crippen LogP contribution in [0.2, 0.25) is 0 Å². The van der Waals surface area contributed by atoms with E-state index in [1.807, 2.05) is 32.0 Å². The first kappa shape index (κ1) is 17.7. The molecule has 4 rings (SSSR count). The number of aromatic nitrogens is 2. The summed E-state index contributed by atoms with van der Waals surface area (Å²) in [5, 5.41) is 20.1. The molecule has 0 saturated heterocycles. The van der Waals surface area contributed by atoms with E-state index < -0.39 is 0 Å². The largest absolute Gasteiger partial charge is 0.490 e. The van der Waals surface area contributed by atoms with Gasteiger partial charge >= 0.3 is 0 Å². The van der Waals surface area contributed by atoms with Crippen molar-refractivity contribution < 1.29 is 4.74 Å². The van der Waals surface area contributed by atoms with Crippen molar-refractivity contribution in [3.63, 3.8) is 0 Å². The Morgan fingerprint density at radius 3 is 2.78 bits per heavy atom. The number of rotatable bonds is 4. The van der Waals surface area contributed by atoms with Crippen molar-refractivity contribution in [2.45, 2.75) is 45.6 Å². The Morgan fingerprint density at radius 2 is 2.00 bits per heavy atom. The van der Waals surface area contributed by atoms with Crippen LogP contribution in [-0.2, 0) is 6.42 Å². The minimum atomic E-state index is 0.0265. The molecule has 1 atom stereocenters. The van der Waals surface area contributed by atoms with Crippen LogP contribution < -0.4 is 4.74 Å². The number of ether oxygens (including phenoxy) is 1. The van der Waals surface area contributed by atoms with Gasteiger partial charge in [0.05, 0.1) is 11.7 Å². The molecule has 27 heavy (non-hydrogen) atoms. The van der Waals surface area contributed by atoms with Crippen molar-refractivity contribution in [2.24, 2.45) is 0 Å². The fourth-order valence-electron chi connectivity index (χ4n) is 3.62. The number of hydrogen-bond acceptors (Lipinski definition) is 5. The zero-order valence-corrected chi connectivity index (χ0v) is 16.5. The van der Waals surface area contributed by atoms with E-state index in [-0.39, 0.29) is 6.10 Å². The van der Waals surface area contributed by atoms with Gasteiger partial charge in [-0.2, -0.15) is 5.26 Å². The lowest BCUT2D eigenvalue weighted by Crippen LogP contribution is -2.06. The second kappa shape index (κ2) is 7.13. The van der Waals surface area contributed by atoms with Crippen LogP contribution in [0, 0.1) is 11.3 Å². The van der Waals surface area contributed by atoms with Crippen LogP contribution in [0.1, 0.15) is 49.8 Å². The van der Waals surface area contributed by atoms with E-state index in [1.54, 1.807) is 11.3 Å². The summed E-state index contributed by atoms with van der Waals surface area (Å²) in [6, 6.07) is 14.3. The summed E-state index contributed by atoms with van der Waals surface area (Å²) in [7, 11) is 0. The molecule has 1 aliphatic carbocycles. The Balaban J connectivity index is 1.69.